The average molecular weight is 303 g/mol. The Bertz CT molecular complexity index is 760. The Kier molecular flexibility index (Phi) is 3.88. The number of rotatable bonds is 3. The van der Waals surface area contributed by atoms with E-state index in [-0.39, 0.29) is 17.5 Å². The largest absolute Gasteiger partial charge is 0.345 e. The molecule has 0 spiro atoms. The van der Waals surface area contributed by atoms with Gasteiger partial charge in [0.25, 0.3) is 11.5 Å². The molecule has 1 aliphatic carbocycles. The molecule has 0 bridgehead atoms. The molecule has 0 saturated carbocycles. The summed E-state index contributed by atoms with van der Waals surface area (Å²) in [7, 11) is 0. The molecule has 110 valence electrons. The van der Waals surface area contributed by atoms with E-state index < -0.39 is 0 Å². The van der Waals surface area contributed by atoms with E-state index in [4.69, 9.17) is 0 Å². The molecule has 1 N–H and O–H groups in total. The number of aromatic nitrogens is 2. The monoisotopic (exact) mass is 303 g/mol. The van der Waals surface area contributed by atoms with Crippen molar-refractivity contribution in [3.8, 4) is 0 Å². The highest BCUT2D eigenvalue weighted by Crippen LogP contribution is 2.20. The lowest BCUT2D eigenvalue weighted by atomic mass is 9.95. The Labute approximate surface area is 126 Å². The normalized spacial score (nSPS) is 16.5. The van der Waals surface area contributed by atoms with Crippen LogP contribution in [0.3, 0.4) is 0 Å². The highest BCUT2D eigenvalue weighted by molar-refractivity contribution is 7.15. The summed E-state index contributed by atoms with van der Waals surface area (Å²) in [4.78, 5) is 28.4. The quantitative estimate of drug-likeness (QED) is 0.885. The Morgan fingerprint density at radius 1 is 1.48 bits per heavy atom. The third-order valence-electron chi connectivity index (χ3n) is 3.78. The van der Waals surface area contributed by atoms with E-state index in [1.54, 1.807) is 10.6 Å². The summed E-state index contributed by atoms with van der Waals surface area (Å²) in [6.07, 6.45) is 8.48. The van der Waals surface area contributed by atoms with Gasteiger partial charge in [-0.2, -0.15) is 4.98 Å². The third-order valence-corrected chi connectivity index (χ3v) is 4.53. The molecule has 6 heteroatoms. The van der Waals surface area contributed by atoms with Crippen LogP contribution in [0.15, 0.2) is 34.1 Å². The fourth-order valence-corrected chi connectivity index (χ4v) is 3.36. The zero-order chi connectivity index (χ0) is 14.8. The van der Waals surface area contributed by atoms with Gasteiger partial charge in [-0.3, -0.25) is 14.0 Å². The zero-order valence-electron chi connectivity index (χ0n) is 11.8. The molecule has 0 fully saturated rings. The van der Waals surface area contributed by atoms with Gasteiger partial charge in [-0.05, 0) is 32.6 Å². The molecule has 1 atom stereocenters. The van der Waals surface area contributed by atoms with Crippen molar-refractivity contribution in [2.24, 2.45) is 0 Å². The zero-order valence-corrected chi connectivity index (χ0v) is 12.7. The number of thiazole rings is 1. The maximum Gasteiger partial charge on any atom is 0.274 e. The van der Waals surface area contributed by atoms with E-state index in [2.05, 4.69) is 16.4 Å². The third kappa shape index (κ3) is 2.90. The number of allylic oxidation sites excluding steroid dienone is 1. The Balaban J connectivity index is 1.85. The molecule has 0 radical (unpaired) electrons. The number of amides is 1. The Morgan fingerprint density at radius 2 is 2.33 bits per heavy atom. The van der Waals surface area contributed by atoms with Crippen molar-refractivity contribution in [2.45, 2.75) is 38.6 Å². The molecule has 0 saturated heterocycles. The van der Waals surface area contributed by atoms with Crippen molar-refractivity contribution in [2.75, 3.05) is 0 Å². The SMILES string of the molecule is C[C@@H](NC(=O)c1cc(=O)nc2sccn12)C1=CCCCC1. The summed E-state index contributed by atoms with van der Waals surface area (Å²) in [6, 6.07) is 1.28. The van der Waals surface area contributed by atoms with Crippen molar-refractivity contribution < 1.29 is 4.79 Å². The van der Waals surface area contributed by atoms with Gasteiger partial charge >= 0.3 is 0 Å². The first-order valence-electron chi connectivity index (χ1n) is 7.12. The summed E-state index contributed by atoms with van der Waals surface area (Å²) in [6.45, 7) is 1.99. The van der Waals surface area contributed by atoms with E-state index >= 15 is 0 Å². The number of hydrogen-bond donors (Lipinski definition) is 1. The van der Waals surface area contributed by atoms with Crippen LogP contribution in [0.2, 0.25) is 0 Å². The number of fused-ring (bicyclic) bond motifs is 1. The van der Waals surface area contributed by atoms with E-state index in [1.807, 2.05) is 12.3 Å². The summed E-state index contributed by atoms with van der Waals surface area (Å²) < 4.78 is 1.66. The summed E-state index contributed by atoms with van der Waals surface area (Å²) in [5, 5.41) is 4.80. The van der Waals surface area contributed by atoms with Gasteiger partial charge in [-0.25, -0.2) is 0 Å². The first kappa shape index (κ1) is 14.0. The highest BCUT2D eigenvalue weighted by atomic mass is 32.1. The van der Waals surface area contributed by atoms with Gasteiger partial charge in [0.2, 0.25) is 0 Å². The number of carbonyl (C=O) groups excluding carboxylic acids is 1. The standard InChI is InChI=1S/C15H17N3O2S/c1-10(11-5-3-2-4-6-11)16-14(20)12-9-13(19)17-15-18(12)7-8-21-15/h5,7-10H,2-4,6H2,1H3,(H,16,20)/t10-/m1/s1. The molecule has 2 heterocycles. The Hall–Kier alpha value is -1.95. The van der Waals surface area contributed by atoms with E-state index in [0.717, 1.165) is 12.8 Å². The minimum atomic E-state index is -0.382. The fourth-order valence-electron chi connectivity index (χ4n) is 2.64. The van der Waals surface area contributed by atoms with Crippen LogP contribution in [0.4, 0.5) is 0 Å². The molecular formula is C15H17N3O2S. The molecule has 2 aromatic heterocycles. The predicted octanol–water partition coefficient (Wildman–Crippen LogP) is 2.37. The topological polar surface area (TPSA) is 63.5 Å². The maximum absolute atomic E-state index is 12.4. The molecule has 1 aliphatic rings. The van der Waals surface area contributed by atoms with Crippen LogP contribution in [0.25, 0.3) is 4.96 Å². The maximum atomic E-state index is 12.4. The molecule has 21 heavy (non-hydrogen) atoms. The molecule has 5 nitrogen and oxygen atoms in total. The predicted molar refractivity (Wildman–Crippen MR) is 82.8 cm³/mol. The van der Waals surface area contributed by atoms with Crippen molar-refractivity contribution in [3.05, 3.63) is 45.3 Å². The number of carbonyl (C=O) groups is 1. The van der Waals surface area contributed by atoms with Crippen LogP contribution in [0.1, 0.15) is 43.1 Å². The lowest BCUT2D eigenvalue weighted by Gasteiger charge is -2.21. The van der Waals surface area contributed by atoms with Crippen molar-refractivity contribution in [1.82, 2.24) is 14.7 Å². The van der Waals surface area contributed by atoms with Gasteiger partial charge in [0.1, 0.15) is 5.69 Å². The fraction of sp³-hybridized carbons (Fsp3) is 0.400. The van der Waals surface area contributed by atoms with E-state index in [1.165, 1.54) is 35.8 Å². The van der Waals surface area contributed by atoms with Crippen LogP contribution >= 0.6 is 11.3 Å². The number of hydrogen-bond acceptors (Lipinski definition) is 4. The van der Waals surface area contributed by atoms with Crippen LogP contribution < -0.4 is 10.9 Å². The molecule has 0 aromatic carbocycles. The van der Waals surface area contributed by atoms with Crippen molar-refractivity contribution in [3.63, 3.8) is 0 Å². The first-order valence-corrected chi connectivity index (χ1v) is 8.00. The molecule has 3 rings (SSSR count). The molecule has 0 unspecified atom stereocenters. The van der Waals surface area contributed by atoms with Crippen molar-refractivity contribution in [1.29, 1.82) is 0 Å². The van der Waals surface area contributed by atoms with Gasteiger partial charge in [0.15, 0.2) is 4.96 Å². The van der Waals surface area contributed by atoms with Crippen LogP contribution in [0.5, 0.6) is 0 Å². The second-order valence-electron chi connectivity index (χ2n) is 5.26. The number of nitrogens with zero attached hydrogens (tertiary/aromatic N) is 2. The second-order valence-corrected chi connectivity index (χ2v) is 6.13. The lowest BCUT2D eigenvalue weighted by molar-refractivity contribution is 0.0938. The van der Waals surface area contributed by atoms with Gasteiger partial charge < -0.3 is 5.32 Å². The average Bonchev–Trinajstić information content (AvgIpc) is 2.95. The molecule has 2 aromatic rings. The second kappa shape index (κ2) is 5.81. The molecule has 0 aliphatic heterocycles. The lowest BCUT2D eigenvalue weighted by Crippen LogP contribution is -2.36. The minimum absolute atomic E-state index is 0.00430. The van der Waals surface area contributed by atoms with Crippen molar-refractivity contribution >= 4 is 22.2 Å². The first-order chi connectivity index (χ1) is 10.1. The Morgan fingerprint density at radius 3 is 3.10 bits per heavy atom. The van der Waals surface area contributed by atoms with Gasteiger partial charge in [0.05, 0.1) is 0 Å². The molecule has 1 amide bonds. The van der Waals surface area contributed by atoms with Gasteiger partial charge in [-0.1, -0.05) is 11.6 Å². The molecular weight excluding hydrogens is 286 g/mol. The van der Waals surface area contributed by atoms with Crippen LogP contribution in [0, 0.1) is 0 Å². The summed E-state index contributed by atoms with van der Waals surface area (Å²) >= 11 is 1.34. The minimum Gasteiger partial charge on any atom is -0.345 e. The van der Waals surface area contributed by atoms with E-state index in [9.17, 15) is 9.59 Å². The highest BCUT2D eigenvalue weighted by Gasteiger charge is 2.17. The number of nitrogens with one attached hydrogen (secondary N) is 1. The summed E-state index contributed by atoms with van der Waals surface area (Å²) in [5.41, 5.74) is 1.24. The summed E-state index contributed by atoms with van der Waals surface area (Å²) in [5.74, 6) is -0.234. The van der Waals surface area contributed by atoms with Gasteiger partial charge in [0, 0.05) is 23.7 Å². The van der Waals surface area contributed by atoms with Crippen LogP contribution in [-0.4, -0.2) is 21.3 Å². The smallest absolute Gasteiger partial charge is 0.274 e. The van der Waals surface area contributed by atoms with Crippen LogP contribution in [-0.2, 0) is 0 Å². The van der Waals surface area contributed by atoms with Gasteiger partial charge in [-0.15, -0.1) is 11.3 Å². The van der Waals surface area contributed by atoms with E-state index in [0.29, 0.717) is 10.7 Å².